The number of aryl methyl sites for hydroxylation is 4. The molecule has 10 rings (SSSR count). The van der Waals surface area contributed by atoms with E-state index in [1.807, 2.05) is 0 Å². The number of rotatable bonds is 10. The Morgan fingerprint density at radius 3 is 1.49 bits per heavy atom. The Kier molecular flexibility index (Phi) is 12.8. The van der Waals surface area contributed by atoms with Gasteiger partial charge in [-0.1, -0.05) is 30.3 Å². The molecule has 69 heavy (non-hydrogen) atoms. The lowest BCUT2D eigenvalue weighted by Gasteiger charge is -2.37. The fourth-order valence-electron chi connectivity index (χ4n) is 10.6. The fourth-order valence-corrected chi connectivity index (χ4v) is 12.4. The van der Waals surface area contributed by atoms with Gasteiger partial charge in [-0.05, 0) is 201 Å². The number of carbonyl (C=O) groups is 4. The van der Waals surface area contributed by atoms with Crippen molar-refractivity contribution >= 4 is 61.0 Å². The highest BCUT2D eigenvalue weighted by Crippen LogP contribution is 2.41. The molecule has 0 radical (unpaired) electrons. The summed E-state index contributed by atoms with van der Waals surface area (Å²) in [6.07, 6.45) is 12.1. The van der Waals surface area contributed by atoms with E-state index >= 15 is 0 Å². The molecule has 4 aliphatic carbocycles. The Morgan fingerprint density at radius 1 is 0.623 bits per heavy atom. The smallest absolute Gasteiger partial charge is 0.333 e. The number of nitrogen functional groups attached to an aromatic ring is 1. The molecule has 360 valence electrons. The van der Waals surface area contributed by atoms with Gasteiger partial charge in [-0.15, -0.1) is 0 Å². The van der Waals surface area contributed by atoms with Crippen LogP contribution in [-0.2, 0) is 88.0 Å². The predicted octanol–water partition coefficient (Wildman–Crippen LogP) is 7.44. The van der Waals surface area contributed by atoms with Crippen LogP contribution < -0.4 is 30.5 Å². The van der Waals surface area contributed by atoms with Crippen LogP contribution in [-0.4, -0.2) is 59.3 Å². The number of anilines is 3. The lowest BCUT2D eigenvalue weighted by molar-refractivity contribution is -0.134. The summed E-state index contributed by atoms with van der Waals surface area (Å²) in [6.45, 7) is 3.72. The van der Waals surface area contributed by atoms with E-state index in [1.54, 1.807) is 44.2 Å². The van der Waals surface area contributed by atoms with Crippen LogP contribution >= 0.6 is 0 Å². The van der Waals surface area contributed by atoms with Crippen molar-refractivity contribution < 1.29 is 40.8 Å². The molecule has 6 amide bonds. The maximum Gasteiger partial charge on any atom is 0.333 e. The predicted molar refractivity (Wildman–Crippen MR) is 263 cm³/mol. The number of ether oxygens (including phenoxy) is 1. The third kappa shape index (κ3) is 9.41. The molecule has 0 unspecified atom stereocenters. The standard InChI is InChI=1S/C33H35N3O6S.C19H21N3O3S/c1-33(2)28-15-12-23(42-3)19-27(28)30(37)36(31(33)38)17-16-20-10-13-24(14-11-20)43(40,41)35-32(39)34-29-25-8-4-6-21(25)18-22-7-5-9-26(22)29;20-14-7-9-15(10-8-14)26(24,25)22-19(23)21-18-16-5-1-3-12(16)11-13-4-2-6-17(13)18/h10-15,18-19H,4-9,16-17H2,1-3H3,(H2,34,35,39);7-11H,1-6,20H2,(H2,21,22,23). The molecule has 15 nitrogen and oxygen atoms in total. The average Bonchev–Trinajstić information content (AvgIpc) is 4.17. The van der Waals surface area contributed by atoms with Gasteiger partial charge in [0.25, 0.3) is 26.0 Å². The topological polar surface area (TPSA) is 223 Å². The Balaban J connectivity index is 0.000000194. The third-order valence-corrected chi connectivity index (χ3v) is 16.8. The summed E-state index contributed by atoms with van der Waals surface area (Å²) in [5.41, 5.74) is 18.2. The van der Waals surface area contributed by atoms with Crippen molar-refractivity contribution in [2.24, 2.45) is 0 Å². The normalized spacial score (nSPS) is 16.3. The van der Waals surface area contributed by atoms with Gasteiger partial charge in [0.2, 0.25) is 5.91 Å². The molecule has 5 aromatic carbocycles. The van der Waals surface area contributed by atoms with Gasteiger partial charge in [-0.2, -0.15) is 0 Å². The molecule has 6 N–H and O–H groups in total. The molecule has 0 atom stereocenters. The Morgan fingerprint density at radius 2 is 1.06 bits per heavy atom. The largest absolute Gasteiger partial charge is 0.497 e. The molecular weight excluding hydrogens is 917 g/mol. The average molecular weight is 973 g/mol. The van der Waals surface area contributed by atoms with Gasteiger partial charge in [-0.3, -0.25) is 14.5 Å². The number of nitrogens with zero attached hydrogens (tertiary/aromatic N) is 1. The zero-order chi connectivity index (χ0) is 48.8. The first-order valence-corrected chi connectivity index (χ1v) is 26.4. The maximum absolute atomic E-state index is 13.3. The van der Waals surface area contributed by atoms with E-state index in [2.05, 4.69) is 32.2 Å². The van der Waals surface area contributed by atoms with Crippen LogP contribution in [0.4, 0.5) is 26.7 Å². The molecule has 0 aromatic heterocycles. The summed E-state index contributed by atoms with van der Waals surface area (Å²) in [7, 11) is -6.55. The number of methoxy groups -OCH3 is 1. The van der Waals surface area contributed by atoms with Gasteiger partial charge in [0.15, 0.2) is 0 Å². The van der Waals surface area contributed by atoms with Crippen molar-refractivity contribution in [3.05, 3.63) is 140 Å². The van der Waals surface area contributed by atoms with Gasteiger partial charge in [0.1, 0.15) is 5.75 Å². The highest BCUT2D eigenvalue weighted by atomic mass is 32.2. The number of hydrogen-bond acceptors (Lipinski definition) is 10. The Labute approximate surface area is 402 Å². The van der Waals surface area contributed by atoms with Crippen LogP contribution in [0.25, 0.3) is 0 Å². The number of hydrogen-bond donors (Lipinski definition) is 5. The molecule has 0 saturated carbocycles. The van der Waals surface area contributed by atoms with Crippen molar-refractivity contribution in [2.45, 2.75) is 113 Å². The molecule has 5 aromatic rings. The number of amides is 6. The van der Waals surface area contributed by atoms with Gasteiger partial charge in [-0.25, -0.2) is 35.9 Å². The molecule has 0 bridgehead atoms. The summed E-state index contributed by atoms with van der Waals surface area (Å²) < 4.78 is 60.5. The number of urea groups is 2. The number of nitrogens with two attached hydrogens (primary N) is 1. The number of benzene rings is 5. The van der Waals surface area contributed by atoms with E-state index in [0.717, 1.165) is 116 Å². The lowest BCUT2D eigenvalue weighted by atomic mass is 9.77. The zero-order valence-corrected chi connectivity index (χ0v) is 40.6. The summed E-state index contributed by atoms with van der Waals surface area (Å²) in [5, 5.41) is 5.69. The minimum Gasteiger partial charge on any atom is -0.497 e. The molecule has 1 heterocycles. The summed E-state index contributed by atoms with van der Waals surface area (Å²) >= 11 is 0. The van der Waals surface area contributed by atoms with Crippen LogP contribution in [0.2, 0.25) is 0 Å². The zero-order valence-electron chi connectivity index (χ0n) is 38.9. The second-order valence-electron chi connectivity index (χ2n) is 18.8. The van der Waals surface area contributed by atoms with Crippen LogP contribution in [0.3, 0.4) is 0 Å². The third-order valence-electron chi connectivity index (χ3n) is 14.1. The molecule has 0 fully saturated rings. The second kappa shape index (κ2) is 18.6. The van der Waals surface area contributed by atoms with Gasteiger partial charge >= 0.3 is 12.1 Å². The highest BCUT2D eigenvalue weighted by molar-refractivity contribution is 7.90. The second-order valence-corrected chi connectivity index (χ2v) is 22.2. The molecule has 1 aliphatic heterocycles. The molecule has 0 spiro atoms. The van der Waals surface area contributed by atoms with E-state index in [-0.39, 0.29) is 28.2 Å². The first-order chi connectivity index (χ1) is 32.9. The van der Waals surface area contributed by atoms with Crippen LogP contribution in [0.1, 0.15) is 106 Å². The summed E-state index contributed by atoms with van der Waals surface area (Å²) in [6, 6.07) is 20.0. The van der Waals surface area contributed by atoms with E-state index < -0.39 is 37.5 Å². The van der Waals surface area contributed by atoms with Crippen LogP contribution in [0, 0.1) is 0 Å². The van der Waals surface area contributed by atoms with E-state index in [1.165, 1.54) is 70.7 Å². The van der Waals surface area contributed by atoms with Crippen molar-refractivity contribution in [2.75, 3.05) is 30.0 Å². The van der Waals surface area contributed by atoms with Crippen molar-refractivity contribution in [3.63, 3.8) is 0 Å². The monoisotopic (exact) mass is 972 g/mol. The highest BCUT2D eigenvalue weighted by Gasteiger charge is 2.44. The summed E-state index contributed by atoms with van der Waals surface area (Å²) in [4.78, 5) is 53.1. The number of carbonyl (C=O) groups excluding carboxylic acids is 4. The minimum atomic E-state index is -4.13. The molecular formula is C52H56N6O9S2. The number of fused-ring (bicyclic) bond motifs is 5. The van der Waals surface area contributed by atoms with Gasteiger partial charge in [0.05, 0.1) is 22.3 Å². The minimum absolute atomic E-state index is 0.00497. The van der Waals surface area contributed by atoms with E-state index in [0.29, 0.717) is 29.0 Å². The lowest BCUT2D eigenvalue weighted by Crippen LogP contribution is -2.52. The molecule has 17 heteroatoms. The van der Waals surface area contributed by atoms with Crippen LogP contribution in [0.5, 0.6) is 5.75 Å². The molecule has 0 saturated heterocycles. The first-order valence-electron chi connectivity index (χ1n) is 23.4. The van der Waals surface area contributed by atoms with Crippen LogP contribution in [0.15, 0.2) is 88.7 Å². The van der Waals surface area contributed by atoms with E-state index in [9.17, 15) is 36.0 Å². The first kappa shape index (κ1) is 47.4. The SMILES string of the molecule is COc1ccc2c(c1)C(=O)N(CCc1ccc(S(=O)(=O)NC(=O)Nc3c4c(cc5c3CCC5)CCC4)cc1)C(=O)C2(C)C.Nc1ccc(S(=O)(=O)NC(=O)Nc2c3c(cc4c2CCC4)CCC3)cc1. The number of imide groups is 1. The number of sulfonamides is 2. The number of nitrogens with one attached hydrogen (secondary N) is 4. The molecule has 5 aliphatic rings. The van der Waals surface area contributed by atoms with Crippen molar-refractivity contribution in [1.82, 2.24) is 14.3 Å². The Hall–Kier alpha value is -6.72. The van der Waals surface area contributed by atoms with Crippen molar-refractivity contribution in [1.29, 1.82) is 0 Å². The Bertz CT molecular complexity index is 3090. The maximum atomic E-state index is 13.3. The fraction of sp³-hybridized carbons (Fsp3) is 0.346. The van der Waals surface area contributed by atoms with E-state index in [4.69, 9.17) is 10.5 Å². The van der Waals surface area contributed by atoms with Gasteiger partial charge in [0, 0.05) is 29.2 Å². The van der Waals surface area contributed by atoms with Crippen molar-refractivity contribution in [3.8, 4) is 5.75 Å². The quantitative estimate of drug-likeness (QED) is 0.0687. The summed E-state index contributed by atoms with van der Waals surface area (Å²) in [5.74, 6) is -0.144. The van der Waals surface area contributed by atoms with Gasteiger partial charge < -0.3 is 21.1 Å².